The van der Waals surface area contributed by atoms with Crippen molar-refractivity contribution in [1.82, 2.24) is 10.4 Å². The van der Waals surface area contributed by atoms with E-state index in [4.69, 9.17) is 25.1 Å². The lowest BCUT2D eigenvalue weighted by atomic mass is 10.1. The molecule has 0 fully saturated rings. The van der Waals surface area contributed by atoms with Gasteiger partial charge in [0.15, 0.2) is 0 Å². The van der Waals surface area contributed by atoms with E-state index >= 15 is 0 Å². The van der Waals surface area contributed by atoms with E-state index in [1.807, 2.05) is 0 Å². The Morgan fingerprint density at radius 2 is 1.70 bits per heavy atom. The fourth-order valence-electron chi connectivity index (χ4n) is 2.70. The van der Waals surface area contributed by atoms with E-state index in [9.17, 15) is 19.2 Å². The summed E-state index contributed by atoms with van der Waals surface area (Å²) in [6.45, 7) is 0.184. The molecule has 2 rings (SSSR count). The Bertz CT molecular complexity index is 1030. The van der Waals surface area contributed by atoms with Crippen LogP contribution >= 0.6 is 0 Å². The molecule has 0 radical (unpaired) electrons. The van der Waals surface area contributed by atoms with Crippen LogP contribution in [-0.4, -0.2) is 65.0 Å². The van der Waals surface area contributed by atoms with Gasteiger partial charge in [-0.05, 0) is 36.4 Å². The van der Waals surface area contributed by atoms with Crippen LogP contribution in [0.1, 0.15) is 28.8 Å². The number of carbonyl (C=O) groups excluding carboxylic acids is 2. The summed E-state index contributed by atoms with van der Waals surface area (Å²) in [6.07, 6.45) is 0.0808. The first kappa shape index (κ1) is 25.1. The second-order valence-corrected chi connectivity index (χ2v) is 7.01. The number of furan rings is 1. The van der Waals surface area contributed by atoms with Crippen molar-refractivity contribution in [2.75, 3.05) is 20.1 Å². The summed E-state index contributed by atoms with van der Waals surface area (Å²) in [6, 6.07) is 9.32. The molecule has 0 saturated heterocycles. The Balaban J connectivity index is 1.95. The van der Waals surface area contributed by atoms with Crippen molar-refractivity contribution in [2.45, 2.75) is 13.3 Å². The molecular weight excluding hydrogens is 436 g/mol. The number of esters is 1. The number of carboxylic acid groups (broad SMARTS) is 2. The molecule has 12 nitrogen and oxygen atoms in total. The number of rotatable bonds is 11. The number of nitrogens with zero attached hydrogens (tertiary/aromatic N) is 2. The number of ether oxygens (including phenoxy) is 1. The average molecular weight is 460 g/mol. The minimum atomic E-state index is -1.30. The maximum Gasteiger partial charge on any atom is 0.379 e. The molecule has 0 bridgehead atoms. The van der Waals surface area contributed by atoms with Crippen molar-refractivity contribution in [3.05, 3.63) is 53.5 Å². The zero-order valence-corrected chi connectivity index (χ0v) is 18.0. The molecule has 0 aliphatic carbocycles. The van der Waals surface area contributed by atoms with Crippen LogP contribution in [0.5, 0.6) is 5.75 Å². The highest BCUT2D eigenvalue weighted by Gasteiger charge is 2.22. The Morgan fingerprint density at radius 1 is 1.09 bits per heavy atom. The zero-order valence-electron chi connectivity index (χ0n) is 18.0. The van der Waals surface area contributed by atoms with Crippen molar-refractivity contribution < 1.29 is 38.5 Å². The third-order valence-electron chi connectivity index (χ3n) is 4.34. The van der Waals surface area contributed by atoms with Crippen LogP contribution in [-0.2, 0) is 20.8 Å². The fraction of sp³-hybridized carbons (Fsp3) is 0.286. The maximum absolute atomic E-state index is 12.3. The van der Waals surface area contributed by atoms with Crippen LogP contribution in [0.15, 0.2) is 45.8 Å². The van der Waals surface area contributed by atoms with Gasteiger partial charge in [-0.3, -0.25) is 24.8 Å². The predicted molar refractivity (Wildman–Crippen MR) is 115 cm³/mol. The Hall–Kier alpha value is -4.19. The molecule has 12 heteroatoms. The molecule has 176 valence electrons. The molecule has 1 amide bonds. The van der Waals surface area contributed by atoms with Crippen LogP contribution in [0.25, 0.3) is 0 Å². The third kappa shape index (κ3) is 7.78. The number of aliphatic carboxylic acids is 2. The zero-order chi connectivity index (χ0) is 24.5. The molecule has 2 aromatic rings. The van der Waals surface area contributed by atoms with Gasteiger partial charge in [0.1, 0.15) is 30.4 Å². The van der Waals surface area contributed by atoms with Gasteiger partial charge in [-0.15, -0.1) is 0 Å². The number of nitrogens with one attached hydrogen (secondary N) is 1. The van der Waals surface area contributed by atoms with Gasteiger partial charge in [-0.25, -0.2) is 4.79 Å². The Kier molecular flexibility index (Phi) is 8.69. The number of hydrogen-bond donors (Lipinski definition) is 4. The molecule has 0 saturated carbocycles. The quantitative estimate of drug-likeness (QED) is 0.121. The number of benzene rings is 1. The molecule has 1 aromatic heterocycles. The number of amides is 1. The SMILES string of the molecule is CN=C(N)c1ccc(OC(=O)c2ccc(CC(C)C(=O)NN(CC(=O)O)CC(=O)O)o2)cc1. The van der Waals surface area contributed by atoms with Gasteiger partial charge in [0, 0.05) is 24.9 Å². The fourth-order valence-corrected chi connectivity index (χ4v) is 2.70. The molecule has 0 aliphatic rings. The first-order chi connectivity index (χ1) is 15.6. The first-order valence-corrected chi connectivity index (χ1v) is 9.71. The van der Waals surface area contributed by atoms with E-state index in [0.29, 0.717) is 17.2 Å². The average Bonchev–Trinajstić information content (AvgIpc) is 3.21. The van der Waals surface area contributed by atoms with Gasteiger partial charge in [0.05, 0.1) is 0 Å². The van der Waals surface area contributed by atoms with Gasteiger partial charge < -0.3 is 25.1 Å². The lowest BCUT2D eigenvalue weighted by Gasteiger charge is -2.21. The standard InChI is InChI=1S/C21H24N4O8/c1-12(20(30)24-25(10-17(26)27)11-18(28)29)9-15-7-8-16(32-15)21(31)33-14-5-3-13(4-6-14)19(22)23-2/h3-8,12H,9-11H2,1-2H3,(H2,22,23)(H,24,30)(H,26,27)(H,28,29). The number of hydrogen-bond acceptors (Lipinski definition) is 8. The summed E-state index contributed by atoms with van der Waals surface area (Å²) < 4.78 is 10.7. The van der Waals surface area contributed by atoms with Crippen LogP contribution in [0.2, 0.25) is 0 Å². The summed E-state index contributed by atoms with van der Waals surface area (Å²) in [5, 5.41) is 18.5. The first-order valence-electron chi connectivity index (χ1n) is 9.71. The predicted octanol–water partition coefficient (Wildman–Crippen LogP) is 0.515. The highest BCUT2D eigenvalue weighted by Crippen LogP contribution is 2.17. The van der Waals surface area contributed by atoms with Gasteiger partial charge in [0.25, 0.3) is 0 Å². The van der Waals surface area contributed by atoms with E-state index in [2.05, 4.69) is 10.4 Å². The van der Waals surface area contributed by atoms with Gasteiger partial charge >= 0.3 is 17.9 Å². The van der Waals surface area contributed by atoms with Crippen molar-refractivity contribution in [2.24, 2.45) is 16.6 Å². The van der Waals surface area contributed by atoms with E-state index in [-0.39, 0.29) is 17.9 Å². The number of hydrazine groups is 1. The van der Waals surface area contributed by atoms with Crippen LogP contribution in [0.3, 0.4) is 0 Å². The molecule has 1 heterocycles. The third-order valence-corrected chi connectivity index (χ3v) is 4.34. The minimum Gasteiger partial charge on any atom is -0.480 e. The highest BCUT2D eigenvalue weighted by atomic mass is 16.5. The topological polar surface area (TPSA) is 185 Å². The van der Waals surface area contributed by atoms with Crippen molar-refractivity contribution in [3.63, 3.8) is 0 Å². The second kappa shape index (κ2) is 11.4. The lowest BCUT2D eigenvalue weighted by molar-refractivity contribution is -0.145. The summed E-state index contributed by atoms with van der Waals surface area (Å²) in [5.74, 6) is -3.78. The van der Waals surface area contributed by atoms with Gasteiger partial charge in [0.2, 0.25) is 11.7 Å². The number of aliphatic imine (C=N–C) groups is 1. The normalized spacial score (nSPS) is 12.3. The van der Waals surface area contributed by atoms with Crippen molar-refractivity contribution in [1.29, 1.82) is 0 Å². The summed E-state index contributed by atoms with van der Waals surface area (Å²) in [4.78, 5) is 50.2. The van der Waals surface area contributed by atoms with E-state index < -0.39 is 42.8 Å². The molecule has 1 unspecified atom stereocenters. The second-order valence-electron chi connectivity index (χ2n) is 7.01. The maximum atomic E-state index is 12.3. The monoisotopic (exact) mass is 460 g/mol. The molecule has 1 atom stereocenters. The summed E-state index contributed by atoms with van der Waals surface area (Å²) >= 11 is 0. The van der Waals surface area contributed by atoms with E-state index in [1.54, 1.807) is 38.2 Å². The number of amidine groups is 1. The Morgan fingerprint density at radius 3 is 2.24 bits per heavy atom. The number of carboxylic acids is 2. The lowest BCUT2D eigenvalue weighted by Crippen LogP contribution is -2.49. The van der Waals surface area contributed by atoms with Crippen LogP contribution < -0.4 is 15.9 Å². The molecular formula is C21H24N4O8. The number of nitrogens with two attached hydrogens (primary N) is 1. The van der Waals surface area contributed by atoms with Gasteiger partial charge in [-0.1, -0.05) is 6.92 Å². The Labute approximate surface area is 188 Å². The molecule has 0 spiro atoms. The summed E-state index contributed by atoms with van der Waals surface area (Å²) in [5.41, 5.74) is 8.65. The van der Waals surface area contributed by atoms with Gasteiger partial charge in [-0.2, -0.15) is 5.01 Å². The number of carbonyl (C=O) groups is 4. The smallest absolute Gasteiger partial charge is 0.379 e. The molecule has 0 aliphatic heterocycles. The van der Waals surface area contributed by atoms with Crippen molar-refractivity contribution in [3.8, 4) is 5.75 Å². The largest absolute Gasteiger partial charge is 0.480 e. The minimum absolute atomic E-state index is 0.0744. The molecule has 5 N–H and O–H groups in total. The van der Waals surface area contributed by atoms with Crippen LogP contribution in [0.4, 0.5) is 0 Å². The molecule has 33 heavy (non-hydrogen) atoms. The molecule has 1 aromatic carbocycles. The van der Waals surface area contributed by atoms with Crippen molar-refractivity contribution >= 4 is 29.7 Å². The highest BCUT2D eigenvalue weighted by molar-refractivity contribution is 5.97. The summed E-state index contributed by atoms with van der Waals surface area (Å²) in [7, 11) is 1.56. The van der Waals surface area contributed by atoms with Crippen LogP contribution in [0, 0.1) is 5.92 Å². The van der Waals surface area contributed by atoms with E-state index in [1.165, 1.54) is 12.1 Å². The van der Waals surface area contributed by atoms with E-state index in [0.717, 1.165) is 5.01 Å².